The first-order valence-electron chi connectivity index (χ1n) is 8.49. The van der Waals surface area contributed by atoms with Crippen LogP contribution in [0.4, 0.5) is 5.69 Å². The van der Waals surface area contributed by atoms with Gasteiger partial charge < -0.3 is 5.32 Å². The molecule has 0 aliphatic rings. The Balaban J connectivity index is 1.82. The number of aromatic nitrogens is 2. The van der Waals surface area contributed by atoms with Crippen molar-refractivity contribution in [3.63, 3.8) is 0 Å². The number of nitrogens with zero attached hydrogens (tertiary/aromatic N) is 2. The van der Waals surface area contributed by atoms with Crippen molar-refractivity contribution in [1.82, 2.24) is 9.55 Å². The molecule has 1 N–H and O–H groups in total. The van der Waals surface area contributed by atoms with E-state index >= 15 is 0 Å². The summed E-state index contributed by atoms with van der Waals surface area (Å²) in [5, 5.41) is 4.73. The highest BCUT2D eigenvalue weighted by molar-refractivity contribution is 7.17. The zero-order chi connectivity index (χ0) is 18.1. The van der Waals surface area contributed by atoms with Crippen molar-refractivity contribution in [2.24, 2.45) is 0 Å². The van der Waals surface area contributed by atoms with E-state index in [2.05, 4.69) is 29.0 Å². The van der Waals surface area contributed by atoms with E-state index < -0.39 is 0 Å². The third-order valence-corrected chi connectivity index (χ3v) is 5.42. The lowest BCUT2D eigenvalue weighted by Crippen LogP contribution is -2.10. The summed E-state index contributed by atoms with van der Waals surface area (Å²) in [5.74, 6) is 0.00867. The maximum atomic E-state index is 12.1. The third-order valence-electron chi connectivity index (χ3n) is 4.55. The van der Waals surface area contributed by atoms with Crippen molar-refractivity contribution in [1.29, 1.82) is 0 Å². The van der Waals surface area contributed by atoms with Gasteiger partial charge >= 0.3 is 0 Å². The molecule has 2 aromatic carbocycles. The first kappa shape index (κ1) is 16.5. The lowest BCUT2D eigenvalue weighted by Gasteiger charge is -2.19. The molecular formula is C21H19N3OS. The second kappa shape index (κ2) is 6.77. The molecule has 0 bridgehead atoms. The minimum absolute atomic E-state index is 0.00867. The SMILES string of the molecule is C=CCC(Nc1cccc2ncsc12)c1cn(C(C)=O)c2ccccc12. The van der Waals surface area contributed by atoms with Gasteiger partial charge in [-0.25, -0.2) is 4.98 Å². The van der Waals surface area contributed by atoms with Crippen molar-refractivity contribution >= 4 is 44.1 Å². The smallest absolute Gasteiger partial charge is 0.227 e. The van der Waals surface area contributed by atoms with E-state index in [1.807, 2.05) is 48.1 Å². The predicted octanol–water partition coefficient (Wildman–Crippen LogP) is 5.64. The van der Waals surface area contributed by atoms with Gasteiger partial charge in [0.1, 0.15) is 0 Å². The van der Waals surface area contributed by atoms with Gasteiger partial charge in [0.2, 0.25) is 5.91 Å². The fourth-order valence-corrected chi connectivity index (χ4v) is 4.13. The largest absolute Gasteiger partial charge is 0.377 e. The fourth-order valence-electron chi connectivity index (χ4n) is 3.36. The summed E-state index contributed by atoms with van der Waals surface area (Å²) in [6, 6.07) is 14.1. The first-order chi connectivity index (χ1) is 12.7. The highest BCUT2D eigenvalue weighted by atomic mass is 32.1. The molecule has 2 heterocycles. The minimum Gasteiger partial charge on any atom is -0.377 e. The summed E-state index contributed by atoms with van der Waals surface area (Å²) in [6.07, 6.45) is 4.60. The number of hydrogen-bond acceptors (Lipinski definition) is 4. The van der Waals surface area contributed by atoms with E-state index in [-0.39, 0.29) is 11.9 Å². The van der Waals surface area contributed by atoms with Crippen LogP contribution in [0.3, 0.4) is 0 Å². The van der Waals surface area contributed by atoms with Crippen molar-refractivity contribution in [2.75, 3.05) is 5.32 Å². The van der Waals surface area contributed by atoms with E-state index in [1.165, 1.54) is 0 Å². The number of nitrogens with one attached hydrogen (secondary N) is 1. The average molecular weight is 361 g/mol. The van der Waals surface area contributed by atoms with E-state index in [4.69, 9.17) is 0 Å². The van der Waals surface area contributed by atoms with E-state index in [1.54, 1.807) is 22.8 Å². The molecule has 4 nitrogen and oxygen atoms in total. The Kier molecular flexibility index (Phi) is 4.31. The van der Waals surface area contributed by atoms with Crippen LogP contribution in [0.1, 0.15) is 29.7 Å². The molecule has 5 heteroatoms. The number of carbonyl (C=O) groups is 1. The molecule has 0 saturated heterocycles. The normalized spacial score (nSPS) is 12.3. The zero-order valence-corrected chi connectivity index (χ0v) is 15.3. The van der Waals surface area contributed by atoms with Gasteiger partial charge in [-0.1, -0.05) is 30.3 Å². The van der Waals surface area contributed by atoms with Crippen molar-refractivity contribution in [2.45, 2.75) is 19.4 Å². The summed E-state index contributed by atoms with van der Waals surface area (Å²) in [5.41, 5.74) is 5.93. The zero-order valence-electron chi connectivity index (χ0n) is 14.5. The second-order valence-corrected chi connectivity index (χ2v) is 7.07. The Labute approximate surface area is 155 Å². The van der Waals surface area contributed by atoms with Crippen molar-refractivity contribution in [3.05, 3.63) is 72.4 Å². The number of benzene rings is 2. The Morgan fingerprint density at radius 1 is 1.31 bits per heavy atom. The van der Waals surface area contributed by atoms with Crippen LogP contribution in [-0.2, 0) is 0 Å². The van der Waals surface area contributed by atoms with Crippen LogP contribution in [0.5, 0.6) is 0 Å². The highest BCUT2D eigenvalue weighted by Gasteiger charge is 2.19. The average Bonchev–Trinajstić information content (AvgIpc) is 3.26. The molecule has 1 unspecified atom stereocenters. The molecule has 26 heavy (non-hydrogen) atoms. The second-order valence-electron chi connectivity index (χ2n) is 6.22. The van der Waals surface area contributed by atoms with Crippen LogP contribution in [-0.4, -0.2) is 15.5 Å². The Bertz CT molecular complexity index is 1110. The highest BCUT2D eigenvalue weighted by Crippen LogP contribution is 2.34. The lowest BCUT2D eigenvalue weighted by molar-refractivity contribution is 0.0941. The Morgan fingerprint density at radius 2 is 2.15 bits per heavy atom. The summed E-state index contributed by atoms with van der Waals surface area (Å²) >= 11 is 1.62. The number of hydrogen-bond donors (Lipinski definition) is 1. The number of anilines is 1. The maximum absolute atomic E-state index is 12.1. The van der Waals surface area contributed by atoms with Crippen LogP contribution in [0, 0.1) is 0 Å². The van der Waals surface area contributed by atoms with Gasteiger partial charge in [-0.3, -0.25) is 9.36 Å². The number of rotatable bonds is 5. The quantitative estimate of drug-likeness (QED) is 0.468. The lowest BCUT2D eigenvalue weighted by atomic mass is 10.0. The summed E-state index contributed by atoms with van der Waals surface area (Å²) in [4.78, 5) is 16.5. The van der Waals surface area contributed by atoms with Crippen LogP contribution in [0.15, 0.2) is 66.8 Å². The molecule has 0 amide bonds. The van der Waals surface area contributed by atoms with Crippen LogP contribution in [0.2, 0.25) is 0 Å². The number of thiazole rings is 1. The number of carbonyl (C=O) groups excluding carboxylic acids is 1. The minimum atomic E-state index is 0.00867. The Morgan fingerprint density at radius 3 is 2.96 bits per heavy atom. The van der Waals surface area contributed by atoms with E-state index in [9.17, 15) is 4.79 Å². The molecule has 130 valence electrons. The van der Waals surface area contributed by atoms with Crippen LogP contribution in [0.25, 0.3) is 21.1 Å². The molecule has 0 spiro atoms. The summed E-state index contributed by atoms with van der Waals surface area (Å²) in [7, 11) is 0. The molecule has 4 aromatic rings. The first-order valence-corrected chi connectivity index (χ1v) is 9.37. The van der Waals surface area contributed by atoms with Crippen molar-refractivity contribution in [3.8, 4) is 0 Å². The van der Waals surface area contributed by atoms with Gasteiger partial charge in [0.15, 0.2) is 0 Å². The monoisotopic (exact) mass is 361 g/mol. The molecule has 0 radical (unpaired) electrons. The van der Waals surface area contributed by atoms with Gasteiger partial charge in [0.25, 0.3) is 0 Å². The summed E-state index contributed by atoms with van der Waals surface area (Å²) in [6.45, 7) is 5.51. The molecule has 0 fully saturated rings. The maximum Gasteiger partial charge on any atom is 0.227 e. The van der Waals surface area contributed by atoms with Gasteiger partial charge in [-0.15, -0.1) is 17.9 Å². The molecule has 1 atom stereocenters. The van der Waals surface area contributed by atoms with Crippen LogP contribution >= 0.6 is 11.3 Å². The topological polar surface area (TPSA) is 46.9 Å². The molecule has 0 aliphatic heterocycles. The van der Waals surface area contributed by atoms with Gasteiger partial charge in [0.05, 0.1) is 33.0 Å². The third kappa shape index (κ3) is 2.80. The Hall–Kier alpha value is -2.92. The van der Waals surface area contributed by atoms with Crippen LogP contribution < -0.4 is 5.32 Å². The number of para-hydroxylation sites is 1. The van der Waals surface area contributed by atoms with Gasteiger partial charge in [-0.2, -0.15) is 0 Å². The summed E-state index contributed by atoms with van der Waals surface area (Å²) < 4.78 is 2.85. The van der Waals surface area contributed by atoms with E-state index in [0.717, 1.165) is 38.8 Å². The molecular weight excluding hydrogens is 342 g/mol. The molecule has 0 saturated carbocycles. The molecule has 4 rings (SSSR count). The number of fused-ring (bicyclic) bond motifs is 2. The molecule has 2 aromatic heterocycles. The fraction of sp³-hybridized carbons (Fsp3) is 0.143. The van der Waals surface area contributed by atoms with Gasteiger partial charge in [0, 0.05) is 24.1 Å². The molecule has 0 aliphatic carbocycles. The van der Waals surface area contributed by atoms with Gasteiger partial charge in [-0.05, 0) is 24.6 Å². The standard InChI is InChI=1S/C21H19N3OS/c1-3-7-17(23-19-10-6-9-18-21(19)26-13-22-18)16-12-24(14(2)25)20-11-5-4-8-15(16)20/h3-6,8-13,17,23H,1,7H2,2H3. The van der Waals surface area contributed by atoms with E-state index in [0.29, 0.717) is 0 Å². The van der Waals surface area contributed by atoms with Crippen molar-refractivity contribution < 1.29 is 4.79 Å². The predicted molar refractivity (Wildman–Crippen MR) is 109 cm³/mol.